The van der Waals surface area contributed by atoms with Gasteiger partial charge in [-0.25, -0.2) is 0 Å². The SMILES string of the molecule is COC(C(=O)Nc1cc(Cl)c(C)cc1Br)c1ccccc1. The molecule has 0 radical (unpaired) electrons. The predicted octanol–water partition coefficient (Wildman–Crippen LogP) is 4.74. The Kier molecular flexibility index (Phi) is 5.39. The van der Waals surface area contributed by atoms with Gasteiger partial charge < -0.3 is 10.1 Å². The number of nitrogens with one attached hydrogen (secondary N) is 1. The van der Waals surface area contributed by atoms with Crippen molar-refractivity contribution in [3.63, 3.8) is 0 Å². The van der Waals surface area contributed by atoms with Gasteiger partial charge in [-0.1, -0.05) is 41.9 Å². The zero-order valence-electron chi connectivity index (χ0n) is 11.7. The highest BCUT2D eigenvalue weighted by Gasteiger charge is 2.20. The number of halogens is 2. The Morgan fingerprint density at radius 2 is 1.95 bits per heavy atom. The third-order valence-electron chi connectivity index (χ3n) is 3.08. The topological polar surface area (TPSA) is 38.3 Å². The van der Waals surface area contributed by atoms with Crippen molar-refractivity contribution in [2.45, 2.75) is 13.0 Å². The molecule has 110 valence electrons. The molecule has 2 aromatic carbocycles. The van der Waals surface area contributed by atoms with Crippen LogP contribution in [0.4, 0.5) is 5.69 Å². The standard InChI is InChI=1S/C16H15BrClNO2/c1-10-8-12(17)14(9-13(10)18)19-16(20)15(21-2)11-6-4-3-5-7-11/h3-9,15H,1-2H3,(H,19,20). The zero-order chi connectivity index (χ0) is 15.4. The second-order valence-corrected chi connectivity index (χ2v) is 5.86. The van der Waals surface area contributed by atoms with Gasteiger partial charge in [0, 0.05) is 16.6 Å². The lowest BCUT2D eigenvalue weighted by atomic mass is 10.1. The molecule has 0 aliphatic carbocycles. The van der Waals surface area contributed by atoms with Gasteiger partial charge in [0.05, 0.1) is 5.69 Å². The average molecular weight is 369 g/mol. The van der Waals surface area contributed by atoms with E-state index in [-0.39, 0.29) is 5.91 Å². The van der Waals surface area contributed by atoms with Crippen molar-refractivity contribution in [1.29, 1.82) is 0 Å². The highest BCUT2D eigenvalue weighted by atomic mass is 79.9. The summed E-state index contributed by atoms with van der Waals surface area (Å²) in [4.78, 5) is 12.4. The van der Waals surface area contributed by atoms with Gasteiger partial charge in [0.2, 0.25) is 0 Å². The molecule has 0 bridgehead atoms. The fraction of sp³-hybridized carbons (Fsp3) is 0.188. The Bertz CT molecular complexity index is 646. The Morgan fingerprint density at radius 3 is 2.57 bits per heavy atom. The summed E-state index contributed by atoms with van der Waals surface area (Å²) in [7, 11) is 1.51. The van der Waals surface area contributed by atoms with E-state index in [1.165, 1.54) is 7.11 Å². The molecule has 2 aromatic rings. The molecule has 0 aromatic heterocycles. The monoisotopic (exact) mass is 367 g/mol. The maximum atomic E-state index is 12.4. The molecule has 1 N–H and O–H groups in total. The number of methoxy groups -OCH3 is 1. The molecule has 0 saturated heterocycles. The fourth-order valence-corrected chi connectivity index (χ4v) is 2.68. The molecular formula is C16H15BrClNO2. The molecule has 0 fully saturated rings. The van der Waals surface area contributed by atoms with Crippen LogP contribution in [0.3, 0.4) is 0 Å². The Hall–Kier alpha value is -1.36. The summed E-state index contributed by atoms with van der Waals surface area (Å²) >= 11 is 9.52. The summed E-state index contributed by atoms with van der Waals surface area (Å²) in [5.74, 6) is -0.246. The van der Waals surface area contributed by atoms with E-state index in [1.54, 1.807) is 6.07 Å². The second-order valence-electron chi connectivity index (χ2n) is 4.60. The van der Waals surface area contributed by atoms with Gasteiger partial charge in [0.15, 0.2) is 6.10 Å². The first-order valence-electron chi connectivity index (χ1n) is 6.37. The summed E-state index contributed by atoms with van der Waals surface area (Å²) in [5.41, 5.74) is 2.35. The van der Waals surface area contributed by atoms with Crippen molar-refractivity contribution in [3.8, 4) is 0 Å². The van der Waals surface area contributed by atoms with Gasteiger partial charge in [0.1, 0.15) is 0 Å². The molecule has 0 saturated carbocycles. The maximum absolute atomic E-state index is 12.4. The average Bonchev–Trinajstić information content (AvgIpc) is 2.46. The van der Waals surface area contributed by atoms with Crippen molar-refractivity contribution in [3.05, 3.63) is 63.1 Å². The molecule has 5 heteroatoms. The first kappa shape index (κ1) is 16.0. The highest BCUT2D eigenvalue weighted by molar-refractivity contribution is 9.10. The van der Waals surface area contributed by atoms with Crippen LogP contribution in [-0.2, 0) is 9.53 Å². The fourth-order valence-electron chi connectivity index (χ4n) is 1.96. The molecule has 1 atom stereocenters. The van der Waals surface area contributed by atoms with Crippen molar-refractivity contribution in [2.75, 3.05) is 12.4 Å². The number of aryl methyl sites for hydroxylation is 1. The van der Waals surface area contributed by atoms with Crippen LogP contribution in [0, 0.1) is 6.92 Å². The van der Waals surface area contributed by atoms with Gasteiger partial charge in [0.25, 0.3) is 5.91 Å². The number of anilines is 1. The van der Waals surface area contributed by atoms with Crippen LogP contribution in [0.5, 0.6) is 0 Å². The molecular weight excluding hydrogens is 354 g/mol. The Labute approximate surface area is 137 Å². The summed E-state index contributed by atoms with van der Waals surface area (Å²) < 4.78 is 6.08. The van der Waals surface area contributed by atoms with E-state index in [1.807, 2.05) is 43.3 Å². The lowest BCUT2D eigenvalue weighted by Crippen LogP contribution is -2.22. The number of hydrogen-bond donors (Lipinski definition) is 1. The first-order chi connectivity index (χ1) is 10.0. The first-order valence-corrected chi connectivity index (χ1v) is 7.54. The van der Waals surface area contributed by atoms with Crippen LogP contribution in [0.15, 0.2) is 46.9 Å². The van der Waals surface area contributed by atoms with E-state index in [2.05, 4.69) is 21.2 Å². The van der Waals surface area contributed by atoms with Crippen molar-refractivity contribution in [1.82, 2.24) is 0 Å². The molecule has 3 nitrogen and oxygen atoms in total. The largest absolute Gasteiger partial charge is 0.367 e. The number of hydrogen-bond acceptors (Lipinski definition) is 2. The smallest absolute Gasteiger partial charge is 0.258 e. The van der Waals surface area contributed by atoms with Crippen molar-refractivity contribution >= 4 is 39.1 Å². The molecule has 2 rings (SSSR count). The molecule has 0 aliphatic rings. The van der Waals surface area contributed by atoms with E-state index in [0.717, 1.165) is 15.6 Å². The number of benzene rings is 2. The number of carbonyl (C=O) groups excluding carboxylic acids is 1. The van der Waals surface area contributed by atoms with E-state index in [9.17, 15) is 4.79 Å². The highest BCUT2D eigenvalue weighted by Crippen LogP contribution is 2.30. The number of amides is 1. The van der Waals surface area contributed by atoms with Gasteiger partial charge in [-0.2, -0.15) is 0 Å². The van der Waals surface area contributed by atoms with Crippen molar-refractivity contribution < 1.29 is 9.53 Å². The number of carbonyl (C=O) groups is 1. The molecule has 1 amide bonds. The summed E-state index contributed by atoms with van der Waals surface area (Å²) in [5, 5.41) is 3.43. The maximum Gasteiger partial charge on any atom is 0.258 e. The van der Waals surface area contributed by atoms with Crippen LogP contribution < -0.4 is 5.32 Å². The summed E-state index contributed by atoms with van der Waals surface area (Å²) in [6.07, 6.45) is -0.668. The normalized spacial score (nSPS) is 12.0. The Balaban J connectivity index is 2.23. The van der Waals surface area contributed by atoms with Crippen LogP contribution in [0.1, 0.15) is 17.2 Å². The van der Waals surface area contributed by atoms with E-state index in [4.69, 9.17) is 16.3 Å². The van der Waals surface area contributed by atoms with Gasteiger partial charge in [-0.15, -0.1) is 0 Å². The number of rotatable bonds is 4. The Morgan fingerprint density at radius 1 is 1.29 bits per heavy atom. The van der Waals surface area contributed by atoms with Gasteiger partial charge in [-0.3, -0.25) is 4.79 Å². The van der Waals surface area contributed by atoms with Gasteiger partial charge >= 0.3 is 0 Å². The molecule has 21 heavy (non-hydrogen) atoms. The van der Waals surface area contributed by atoms with Crippen LogP contribution >= 0.6 is 27.5 Å². The lowest BCUT2D eigenvalue weighted by Gasteiger charge is -2.17. The molecule has 0 spiro atoms. The van der Waals surface area contributed by atoms with Crippen LogP contribution in [0.25, 0.3) is 0 Å². The second kappa shape index (κ2) is 7.07. The molecule has 0 heterocycles. The minimum Gasteiger partial charge on any atom is -0.367 e. The predicted molar refractivity (Wildman–Crippen MR) is 88.7 cm³/mol. The third kappa shape index (κ3) is 3.84. The summed E-state index contributed by atoms with van der Waals surface area (Å²) in [6.45, 7) is 1.90. The molecule has 1 unspecified atom stereocenters. The van der Waals surface area contributed by atoms with Crippen LogP contribution in [0.2, 0.25) is 5.02 Å². The minimum absolute atomic E-state index is 0.246. The summed E-state index contributed by atoms with van der Waals surface area (Å²) in [6, 6.07) is 12.9. The third-order valence-corrected chi connectivity index (χ3v) is 4.15. The lowest BCUT2D eigenvalue weighted by molar-refractivity contribution is -0.126. The zero-order valence-corrected chi connectivity index (χ0v) is 14.0. The van der Waals surface area contributed by atoms with Crippen molar-refractivity contribution in [2.24, 2.45) is 0 Å². The number of ether oxygens (including phenoxy) is 1. The molecule has 0 aliphatic heterocycles. The van der Waals surface area contributed by atoms with Crippen LogP contribution in [-0.4, -0.2) is 13.0 Å². The quantitative estimate of drug-likeness (QED) is 0.846. The van der Waals surface area contributed by atoms with E-state index < -0.39 is 6.10 Å². The van der Waals surface area contributed by atoms with E-state index >= 15 is 0 Å². The van der Waals surface area contributed by atoms with E-state index in [0.29, 0.717) is 10.7 Å². The van der Waals surface area contributed by atoms with Gasteiger partial charge in [-0.05, 0) is 46.1 Å². The minimum atomic E-state index is -0.668.